The van der Waals surface area contributed by atoms with E-state index in [4.69, 9.17) is 11.6 Å². The van der Waals surface area contributed by atoms with Gasteiger partial charge in [0.1, 0.15) is 5.17 Å². The summed E-state index contributed by atoms with van der Waals surface area (Å²) in [6.45, 7) is 0.514. The number of aliphatic imine (C=N–C) groups is 1. The fraction of sp³-hybridized carbons (Fsp3) is 0.143. The van der Waals surface area contributed by atoms with Crippen LogP contribution in [0.3, 0.4) is 0 Å². The Hall–Kier alpha value is -1.82. The Kier molecular flexibility index (Phi) is 5.53. The topological polar surface area (TPSA) is 41.5 Å². The van der Waals surface area contributed by atoms with E-state index in [-0.39, 0.29) is 10.7 Å². The van der Waals surface area contributed by atoms with Gasteiger partial charge in [0.15, 0.2) is 0 Å². The number of rotatable bonds is 3. The number of halogens is 2. The van der Waals surface area contributed by atoms with E-state index in [0.29, 0.717) is 23.0 Å². The minimum atomic E-state index is -0.119. The van der Waals surface area contributed by atoms with Gasteiger partial charge < -0.3 is 5.32 Å². The third-order valence-electron chi connectivity index (χ3n) is 4.41. The molecule has 1 aliphatic carbocycles. The summed E-state index contributed by atoms with van der Waals surface area (Å²) in [6, 6.07) is 13.5. The number of benzene rings is 2. The van der Waals surface area contributed by atoms with Crippen molar-refractivity contribution in [2.45, 2.75) is 21.0 Å². The molecule has 0 saturated carbocycles. The number of allylic oxidation sites excluding steroid dienone is 3. The molecule has 1 atom stereocenters. The fourth-order valence-corrected chi connectivity index (χ4v) is 4.79. The highest BCUT2D eigenvalue weighted by Crippen LogP contribution is 2.41. The predicted molar refractivity (Wildman–Crippen MR) is 116 cm³/mol. The Labute approximate surface area is 175 Å². The first kappa shape index (κ1) is 18.5. The summed E-state index contributed by atoms with van der Waals surface area (Å²) < 4.78 is 0. The van der Waals surface area contributed by atoms with Crippen molar-refractivity contribution in [2.75, 3.05) is 6.54 Å². The minimum Gasteiger partial charge on any atom is -0.348 e. The van der Waals surface area contributed by atoms with Crippen molar-refractivity contribution < 1.29 is 4.79 Å². The van der Waals surface area contributed by atoms with Gasteiger partial charge in [-0.3, -0.25) is 4.79 Å². The molecule has 136 valence electrons. The molecule has 4 rings (SSSR count). The van der Waals surface area contributed by atoms with Crippen LogP contribution in [0.4, 0.5) is 5.69 Å². The van der Waals surface area contributed by atoms with E-state index >= 15 is 0 Å². The first-order valence-electron chi connectivity index (χ1n) is 8.55. The molecule has 0 fully saturated rings. The van der Waals surface area contributed by atoms with Crippen molar-refractivity contribution >= 4 is 56.1 Å². The molecule has 1 heterocycles. The third kappa shape index (κ3) is 4.05. The van der Waals surface area contributed by atoms with Crippen molar-refractivity contribution in [3.63, 3.8) is 0 Å². The van der Waals surface area contributed by atoms with Gasteiger partial charge in [0.25, 0.3) is 5.91 Å². The van der Waals surface area contributed by atoms with Gasteiger partial charge in [-0.05, 0) is 36.3 Å². The van der Waals surface area contributed by atoms with E-state index in [2.05, 4.69) is 32.3 Å². The largest absolute Gasteiger partial charge is 0.348 e. The lowest BCUT2D eigenvalue weighted by Gasteiger charge is -2.16. The van der Waals surface area contributed by atoms with E-state index in [1.165, 1.54) is 0 Å². The Bertz CT molecular complexity index is 999. The molecule has 0 saturated heterocycles. The number of nitrogens with zero attached hydrogens (tertiary/aromatic N) is 1. The fourth-order valence-electron chi connectivity index (χ4n) is 2.94. The predicted octanol–water partition coefficient (Wildman–Crippen LogP) is 5.85. The number of fused-ring (bicyclic) bond motifs is 2. The zero-order valence-corrected chi connectivity index (χ0v) is 17.4. The number of carbonyl (C=O) groups is 1. The Morgan fingerprint density at radius 1 is 1.26 bits per heavy atom. The van der Waals surface area contributed by atoms with Crippen LogP contribution in [0.5, 0.6) is 0 Å². The second-order valence-electron chi connectivity index (χ2n) is 6.24. The highest BCUT2D eigenvalue weighted by molar-refractivity contribution is 9.09. The van der Waals surface area contributed by atoms with Crippen LogP contribution >= 0.6 is 39.3 Å². The SMILES string of the molecule is O=C(NCC1=CC=CCC1Br)c1ccc2c(c1)N=C(Cl)c1ccccc1S2. The van der Waals surface area contributed by atoms with Gasteiger partial charge >= 0.3 is 0 Å². The molecular formula is C21H16BrClN2OS. The van der Waals surface area contributed by atoms with Crippen LogP contribution in [-0.4, -0.2) is 22.4 Å². The number of hydrogen-bond donors (Lipinski definition) is 1. The van der Waals surface area contributed by atoms with Crippen LogP contribution in [0.25, 0.3) is 0 Å². The summed E-state index contributed by atoms with van der Waals surface area (Å²) in [7, 11) is 0. The van der Waals surface area contributed by atoms with Crippen molar-refractivity contribution in [3.8, 4) is 0 Å². The molecule has 2 aromatic carbocycles. The van der Waals surface area contributed by atoms with Gasteiger partial charge in [0, 0.05) is 32.3 Å². The van der Waals surface area contributed by atoms with Gasteiger partial charge in [-0.1, -0.05) is 75.7 Å². The smallest absolute Gasteiger partial charge is 0.251 e. The molecule has 2 aliphatic rings. The molecule has 27 heavy (non-hydrogen) atoms. The highest BCUT2D eigenvalue weighted by atomic mass is 79.9. The monoisotopic (exact) mass is 458 g/mol. The lowest BCUT2D eigenvalue weighted by molar-refractivity contribution is 0.0957. The van der Waals surface area contributed by atoms with Gasteiger partial charge in [-0.2, -0.15) is 0 Å². The summed E-state index contributed by atoms with van der Waals surface area (Å²) >= 11 is 11.7. The van der Waals surface area contributed by atoms with Gasteiger partial charge in [-0.25, -0.2) is 4.99 Å². The maximum Gasteiger partial charge on any atom is 0.251 e. The molecule has 0 spiro atoms. The molecule has 1 aliphatic heterocycles. The summed E-state index contributed by atoms with van der Waals surface area (Å²) in [5.41, 5.74) is 3.36. The van der Waals surface area contributed by atoms with E-state index in [0.717, 1.165) is 27.3 Å². The first-order chi connectivity index (χ1) is 13.1. The van der Waals surface area contributed by atoms with E-state index in [1.807, 2.05) is 48.6 Å². The summed E-state index contributed by atoms with van der Waals surface area (Å²) in [5.74, 6) is -0.119. The first-order valence-corrected chi connectivity index (χ1v) is 10.7. The zero-order chi connectivity index (χ0) is 18.8. The van der Waals surface area contributed by atoms with Crippen LogP contribution < -0.4 is 5.32 Å². The van der Waals surface area contributed by atoms with Gasteiger partial charge in [0.05, 0.1) is 5.69 Å². The van der Waals surface area contributed by atoms with Crippen LogP contribution in [-0.2, 0) is 0 Å². The minimum absolute atomic E-state index is 0.119. The second kappa shape index (κ2) is 8.05. The summed E-state index contributed by atoms with van der Waals surface area (Å²) in [6.07, 6.45) is 7.10. The maximum atomic E-state index is 12.6. The van der Waals surface area contributed by atoms with Gasteiger partial charge in [0.2, 0.25) is 0 Å². The van der Waals surface area contributed by atoms with Crippen LogP contribution in [0.1, 0.15) is 22.3 Å². The quantitative estimate of drug-likeness (QED) is 0.585. The standard InChI is InChI=1S/C21H16BrClN2OS/c22-16-7-3-1-5-14(16)12-24-21(26)13-9-10-19-17(11-13)25-20(23)15-6-2-4-8-18(15)27-19/h1-6,8-11,16H,7,12H2,(H,24,26). The lowest BCUT2D eigenvalue weighted by atomic mass is 10.0. The van der Waals surface area contributed by atoms with Crippen LogP contribution in [0.15, 0.2) is 81.0 Å². The Morgan fingerprint density at radius 2 is 2.11 bits per heavy atom. The average Bonchev–Trinajstić information content (AvgIpc) is 2.82. The summed E-state index contributed by atoms with van der Waals surface area (Å²) in [5, 5.41) is 3.43. The third-order valence-corrected chi connectivity index (χ3v) is 6.80. The van der Waals surface area contributed by atoms with Crippen LogP contribution in [0.2, 0.25) is 0 Å². The second-order valence-corrected chi connectivity index (χ2v) is 8.79. The van der Waals surface area contributed by atoms with Crippen molar-refractivity contribution in [1.29, 1.82) is 0 Å². The number of nitrogens with one attached hydrogen (secondary N) is 1. The molecule has 2 aromatic rings. The number of amides is 1. The van der Waals surface area contributed by atoms with Crippen molar-refractivity contribution in [1.82, 2.24) is 5.32 Å². The molecule has 1 amide bonds. The molecule has 0 bridgehead atoms. The molecule has 6 heteroatoms. The van der Waals surface area contributed by atoms with E-state index < -0.39 is 0 Å². The van der Waals surface area contributed by atoms with Crippen LogP contribution in [0, 0.1) is 0 Å². The normalized spacial score (nSPS) is 17.9. The average molecular weight is 460 g/mol. The number of alkyl halides is 1. The molecule has 0 aromatic heterocycles. The molecule has 1 N–H and O–H groups in total. The molecule has 3 nitrogen and oxygen atoms in total. The Morgan fingerprint density at radius 3 is 2.96 bits per heavy atom. The zero-order valence-electron chi connectivity index (χ0n) is 14.3. The highest BCUT2D eigenvalue weighted by Gasteiger charge is 2.18. The molecular weight excluding hydrogens is 444 g/mol. The van der Waals surface area contributed by atoms with E-state index in [9.17, 15) is 4.79 Å². The van der Waals surface area contributed by atoms with Crippen molar-refractivity contribution in [2.24, 2.45) is 4.99 Å². The maximum absolute atomic E-state index is 12.6. The lowest BCUT2D eigenvalue weighted by Crippen LogP contribution is -2.28. The number of carbonyl (C=O) groups excluding carboxylic acids is 1. The Balaban J connectivity index is 1.55. The summed E-state index contributed by atoms with van der Waals surface area (Å²) in [4.78, 5) is 19.5. The molecule has 1 unspecified atom stereocenters. The molecule has 0 radical (unpaired) electrons. The van der Waals surface area contributed by atoms with Crippen molar-refractivity contribution in [3.05, 3.63) is 77.4 Å². The van der Waals surface area contributed by atoms with Gasteiger partial charge in [-0.15, -0.1) is 0 Å². The number of hydrogen-bond acceptors (Lipinski definition) is 3. The van der Waals surface area contributed by atoms with E-state index in [1.54, 1.807) is 17.8 Å².